The Hall–Kier alpha value is -1.79. The monoisotopic (exact) mass is 267 g/mol. The van der Waals surface area contributed by atoms with Gasteiger partial charge >= 0.3 is 0 Å². The number of amides is 1. The lowest BCUT2D eigenvalue weighted by molar-refractivity contribution is -0.0605. The maximum Gasteiger partial charge on any atom is 0.251 e. The van der Waals surface area contributed by atoms with Crippen molar-refractivity contribution >= 4 is 5.91 Å². The van der Waals surface area contributed by atoms with E-state index in [1.807, 2.05) is 0 Å². The van der Waals surface area contributed by atoms with E-state index in [0.717, 1.165) is 6.07 Å². The van der Waals surface area contributed by atoms with Gasteiger partial charge in [0.05, 0.1) is 5.60 Å². The average molecular weight is 267 g/mol. The first-order valence-electron chi connectivity index (χ1n) is 6.10. The van der Waals surface area contributed by atoms with E-state index in [9.17, 15) is 20.1 Å². The van der Waals surface area contributed by atoms with Crippen LogP contribution in [0.25, 0.3) is 0 Å². The standard InChI is InChI=1S/C13H17NO5/c15-10-5-9(6-11(16)7-10)12(17)14-8-13(18)1-3-19-4-2-13/h5-7,15-16,18H,1-4,8H2,(H,14,17). The molecule has 0 spiro atoms. The fraction of sp³-hybridized carbons (Fsp3) is 0.462. The van der Waals surface area contributed by atoms with Gasteiger partial charge < -0.3 is 25.4 Å². The minimum atomic E-state index is -0.952. The lowest BCUT2D eigenvalue weighted by atomic mass is 9.94. The number of hydrogen-bond acceptors (Lipinski definition) is 5. The highest BCUT2D eigenvalue weighted by atomic mass is 16.5. The lowest BCUT2D eigenvalue weighted by Gasteiger charge is -2.32. The topological polar surface area (TPSA) is 99.0 Å². The summed E-state index contributed by atoms with van der Waals surface area (Å²) >= 11 is 0. The van der Waals surface area contributed by atoms with Gasteiger partial charge in [-0.1, -0.05) is 0 Å². The molecule has 1 fully saturated rings. The van der Waals surface area contributed by atoms with Crippen molar-refractivity contribution in [2.75, 3.05) is 19.8 Å². The third-order valence-corrected chi connectivity index (χ3v) is 3.17. The van der Waals surface area contributed by atoms with Gasteiger partial charge in [0, 0.05) is 44.2 Å². The molecule has 0 aromatic heterocycles. The predicted octanol–water partition coefficient (Wildman–Crippen LogP) is 0.369. The van der Waals surface area contributed by atoms with E-state index in [1.54, 1.807) is 0 Å². The number of carbonyl (C=O) groups excluding carboxylic acids is 1. The number of aliphatic hydroxyl groups is 1. The van der Waals surface area contributed by atoms with Crippen LogP contribution >= 0.6 is 0 Å². The van der Waals surface area contributed by atoms with Crippen LogP contribution in [0.3, 0.4) is 0 Å². The molecule has 6 nitrogen and oxygen atoms in total. The fourth-order valence-electron chi connectivity index (χ4n) is 2.00. The molecule has 1 aliphatic rings. The zero-order valence-electron chi connectivity index (χ0n) is 10.4. The van der Waals surface area contributed by atoms with Gasteiger partial charge in [-0.15, -0.1) is 0 Å². The van der Waals surface area contributed by atoms with Crippen LogP contribution in [0.2, 0.25) is 0 Å². The quantitative estimate of drug-likeness (QED) is 0.634. The van der Waals surface area contributed by atoms with Crippen molar-refractivity contribution in [3.63, 3.8) is 0 Å². The Bertz CT molecular complexity index is 448. The van der Waals surface area contributed by atoms with E-state index in [2.05, 4.69) is 5.32 Å². The smallest absolute Gasteiger partial charge is 0.251 e. The summed E-state index contributed by atoms with van der Waals surface area (Å²) in [5, 5.41) is 31.4. The number of ether oxygens (including phenoxy) is 1. The molecule has 104 valence electrons. The number of rotatable bonds is 3. The molecule has 1 aliphatic heterocycles. The van der Waals surface area contributed by atoms with Crippen molar-refractivity contribution in [3.8, 4) is 11.5 Å². The number of nitrogens with one attached hydrogen (secondary N) is 1. The zero-order valence-corrected chi connectivity index (χ0v) is 10.4. The molecule has 0 saturated carbocycles. The van der Waals surface area contributed by atoms with E-state index in [-0.39, 0.29) is 23.6 Å². The second kappa shape index (κ2) is 5.46. The molecule has 1 heterocycles. The Morgan fingerprint density at radius 1 is 1.21 bits per heavy atom. The molecule has 2 rings (SSSR count). The minimum absolute atomic E-state index is 0.117. The van der Waals surface area contributed by atoms with Crippen molar-refractivity contribution < 1.29 is 24.9 Å². The molecule has 6 heteroatoms. The van der Waals surface area contributed by atoms with Crippen LogP contribution in [-0.4, -0.2) is 46.6 Å². The number of phenolic OH excluding ortho intramolecular Hbond substituents is 2. The summed E-state index contributed by atoms with van der Waals surface area (Å²) in [6, 6.07) is 3.65. The maximum atomic E-state index is 11.9. The second-order valence-corrected chi connectivity index (χ2v) is 4.76. The van der Waals surface area contributed by atoms with E-state index < -0.39 is 11.5 Å². The summed E-state index contributed by atoms with van der Waals surface area (Å²) in [5.41, 5.74) is -0.805. The average Bonchev–Trinajstić information content (AvgIpc) is 2.36. The molecule has 1 saturated heterocycles. The summed E-state index contributed by atoms with van der Waals surface area (Å²) in [7, 11) is 0. The van der Waals surface area contributed by atoms with Crippen LogP contribution in [0, 0.1) is 0 Å². The van der Waals surface area contributed by atoms with Gasteiger partial charge in [0.25, 0.3) is 5.91 Å². The molecule has 1 amide bonds. The summed E-state index contributed by atoms with van der Waals surface area (Å²) in [6.45, 7) is 1.06. The Balaban J connectivity index is 1.97. The molecular weight excluding hydrogens is 250 g/mol. The first-order valence-corrected chi connectivity index (χ1v) is 6.10. The molecule has 0 atom stereocenters. The van der Waals surface area contributed by atoms with E-state index >= 15 is 0 Å². The fourth-order valence-corrected chi connectivity index (χ4v) is 2.00. The van der Waals surface area contributed by atoms with Crippen LogP contribution in [0.4, 0.5) is 0 Å². The minimum Gasteiger partial charge on any atom is -0.508 e. The van der Waals surface area contributed by atoms with Gasteiger partial charge in [0.1, 0.15) is 11.5 Å². The predicted molar refractivity (Wildman–Crippen MR) is 67.1 cm³/mol. The number of hydrogen-bond donors (Lipinski definition) is 4. The second-order valence-electron chi connectivity index (χ2n) is 4.76. The normalized spacial score (nSPS) is 17.9. The van der Waals surface area contributed by atoms with Crippen LogP contribution in [0.15, 0.2) is 18.2 Å². The Morgan fingerprint density at radius 3 is 2.37 bits per heavy atom. The molecule has 0 unspecified atom stereocenters. The van der Waals surface area contributed by atoms with Crippen molar-refractivity contribution in [1.82, 2.24) is 5.32 Å². The van der Waals surface area contributed by atoms with Crippen LogP contribution in [-0.2, 0) is 4.74 Å². The summed E-state index contributed by atoms with van der Waals surface area (Å²) in [5.74, 6) is -0.823. The van der Waals surface area contributed by atoms with E-state index in [1.165, 1.54) is 12.1 Å². The number of carbonyl (C=O) groups is 1. The number of aromatic hydroxyl groups is 2. The lowest BCUT2D eigenvalue weighted by Crippen LogP contribution is -2.46. The number of phenols is 2. The van der Waals surface area contributed by atoms with Crippen molar-refractivity contribution in [2.24, 2.45) is 0 Å². The molecular formula is C13H17NO5. The maximum absolute atomic E-state index is 11.9. The van der Waals surface area contributed by atoms with Crippen LogP contribution in [0.5, 0.6) is 11.5 Å². The summed E-state index contributed by atoms with van der Waals surface area (Å²) in [6.07, 6.45) is 0.942. The molecule has 0 aliphatic carbocycles. The van der Waals surface area contributed by atoms with Gasteiger partial charge in [-0.2, -0.15) is 0 Å². The summed E-state index contributed by atoms with van der Waals surface area (Å²) < 4.78 is 5.15. The largest absolute Gasteiger partial charge is 0.508 e. The van der Waals surface area contributed by atoms with Crippen molar-refractivity contribution in [3.05, 3.63) is 23.8 Å². The van der Waals surface area contributed by atoms with Gasteiger partial charge in [-0.25, -0.2) is 0 Å². The summed E-state index contributed by atoms with van der Waals surface area (Å²) in [4.78, 5) is 11.9. The number of benzene rings is 1. The highest BCUT2D eigenvalue weighted by Crippen LogP contribution is 2.22. The SMILES string of the molecule is O=C(NCC1(O)CCOCC1)c1cc(O)cc(O)c1. The Labute approximate surface area is 110 Å². The van der Waals surface area contributed by atoms with E-state index in [4.69, 9.17) is 4.74 Å². The first-order chi connectivity index (χ1) is 8.98. The van der Waals surface area contributed by atoms with Gasteiger partial charge in [0.2, 0.25) is 0 Å². The molecule has 1 aromatic carbocycles. The molecule has 19 heavy (non-hydrogen) atoms. The first kappa shape index (κ1) is 13.6. The van der Waals surface area contributed by atoms with Crippen molar-refractivity contribution in [1.29, 1.82) is 0 Å². The molecule has 4 N–H and O–H groups in total. The molecule has 0 bridgehead atoms. The van der Waals surface area contributed by atoms with Gasteiger partial charge in [-0.05, 0) is 12.1 Å². The van der Waals surface area contributed by atoms with Crippen LogP contribution in [0.1, 0.15) is 23.2 Å². The van der Waals surface area contributed by atoms with Gasteiger partial charge in [0.15, 0.2) is 0 Å². The Morgan fingerprint density at radius 2 is 1.79 bits per heavy atom. The Kier molecular flexibility index (Phi) is 3.92. The third-order valence-electron chi connectivity index (χ3n) is 3.17. The van der Waals surface area contributed by atoms with Crippen molar-refractivity contribution in [2.45, 2.75) is 18.4 Å². The highest BCUT2D eigenvalue weighted by molar-refractivity contribution is 5.95. The van der Waals surface area contributed by atoms with E-state index in [0.29, 0.717) is 26.1 Å². The molecule has 0 radical (unpaired) electrons. The van der Waals surface area contributed by atoms with Gasteiger partial charge in [-0.3, -0.25) is 4.79 Å². The highest BCUT2D eigenvalue weighted by Gasteiger charge is 2.30. The van der Waals surface area contributed by atoms with Crippen LogP contribution < -0.4 is 5.32 Å². The molecule has 1 aromatic rings. The zero-order chi connectivity index (χ0) is 13.9. The third kappa shape index (κ3) is 3.59.